The second-order valence-electron chi connectivity index (χ2n) is 13.8. The molecule has 1 unspecified atom stereocenters. The maximum atomic E-state index is 13.5. The molecule has 230 valence electrons. The molecule has 0 bridgehead atoms. The zero-order valence-corrected chi connectivity index (χ0v) is 26.4. The van der Waals surface area contributed by atoms with E-state index in [1.54, 1.807) is 0 Å². The third-order valence-electron chi connectivity index (χ3n) is 11.3. The number of likely N-dealkylation sites (tertiary alicyclic amines) is 3. The van der Waals surface area contributed by atoms with E-state index in [4.69, 9.17) is 4.74 Å². The second kappa shape index (κ2) is 13.0. The number of piperidine rings is 3. The normalized spacial score (nSPS) is 24.9. The fraction of sp³-hybridized carbons (Fsp3) is 0.765. The standard InChI is InChI=1S/C34H51N5O3/c1-5-6-7-28-24-38(31(40)27-8-20-42-21-9-27)17-12-34(28)13-18-39(19-14-34)33(4)10-15-37(16-11-33)32(41)30-25(2)22-26(3)36-29(30)23-35/h22,27-28H,5-21,24H2,1-4H3. The van der Waals surface area contributed by atoms with Gasteiger partial charge in [-0.1, -0.05) is 19.8 Å². The van der Waals surface area contributed by atoms with Crippen LogP contribution in [0.25, 0.3) is 0 Å². The molecule has 42 heavy (non-hydrogen) atoms. The summed E-state index contributed by atoms with van der Waals surface area (Å²) >= 11 is 0. The van der Waals surface area contributed by atoms with Crippen LogP contribution >= 0.6 is 0 Å². The smallest absolute Gasteiger partial charge is 0.257 e. The van der Waals surface area contributed by atoms with Crippen molar-refractivity contribution >= 4 is 11.8 Å². The van der Waals surface area contributed by atoms with E-state index in [0.717, 1.165) is 82.8 Å². The van der Waals surface area contributed by atoms with Gasteiger partial charge < -0.3 is 14.5 Å². The lowest BCUT2D eigenvalue weighted by atomic mass is 9.62. The number of hydrogen-bond donors (Lipinski definition) is 0. The van der Waals surface area contributed by atoms with Crippen LogP contribution in [0.15, 0.2) is 6.07 Å². The van der Waals surface area contributed by atoms with Gasteiger partial charge >= 0.3 is 0 Å². The number of aryl methyl sites for hydroxylation is 2. The zero-order chi connectivity index (χ0) is 29.9. The number of amides is 2. The molecule has 1 aromatic heterocycles. The fourth-order valence-corrected chi connectivity index (χ4v) is 8.37. The molecule has 5 rings (SSSR count). The van der Waals surface area contributed by atoms with Crippen LogP contribution in [0.3, 0.4) is 0 Å². The lowest BCUT2D eigenvalue weighted by Crippen LogP contribution is -2.60. The first-order valence-electron chi connectivity index (χ1n) is 16.5. The molecular weight excluding hydrogens is 526 g/mol. The number of carbonyl (C=O) groups is 2. The minimum Gasteiger partial charge on any atom is -0.381 e. The van der Waals surface area contributed by atoms with Crippen molar-refractivity contribution in [3.63, 3.8) is 0 Å². The summed E-state index contributed by atoms with van der Waals surface area (Å²) in [6.45, 7) is 15.3. The summed E-state index contributed by atoms with van der Waals surface area (Å²) in [5, 5.41) is 9.63. The van der Waals surface area contributed by atoms with Crippen molar-refractivity contribution < 1.29 is 14.3 Å². The van der Waals surface area contributed by atoms with Gasteiger partial charge in [-0.25, -0.2) is 4.98 Å². The molecule has 4 aliphatic heterocycles. The number of carbonyl (C=O) groups excluding carboxylic acids is 2. The van der Waals surface area contributed by atoms with E-state index >= 15 is 0 Å². The lowest BCUT2D eigenvalue weighted by Gasteiger charge is -2.56. The molecule has 2 amide bonds. The topological polar surface area (TPSA) is 89.8 Å². The first-order chi connectivity index (χ1) is 20.2. The van der Waals surface area contributed by atoms with Crippen LogP contribution in [-0.4, -0.2) is 89.5 Å². The summed E-state index contributed by atoms with van der Waals surface area (Å²) in [6, 6.07) is 4.04. The van der Waals surface area contributed by atoms with Gasteiger partial charge in [0.1, 0.15) is 6.07 Å². The third-order valence-corrected chi connectivity index (χ3v) is 11.3. The van der Waals surface area contributed by atoms with Crippen molar-refractivity contribution in [1.29, 1.82) is 5.26 Å². The Balaban J connectivity index is 1.19. The van der Waals surface area contributed by atoms with Gasteiger partial charge in [-0.2, -0.15) is 5.26 Å². The Morgan fingerprint density at radius 2 is 1.67 bits per heavy atom. The number of nitrogens with zero attached hydrogens (tertiary/aromatic N) is 5. The highest BCUT2D eigenvalue weighted by molar-refractivity contribution is 5.97. The monoisotopic (exact) mass is 577 g/mol. The number of rotatable bonds is 6. The molecule has 1 atom stereocenters. The van der Waals surface area contributed by atoms with E-state index in [-0.39, 0.29) is 23.1 Å². The van der Waals surface area contributed by atoms with Gasteiger partial charge in [0, 0.05) is 56.5 Å². The molecule has 0 N–H and O–H groups in total. The summed E-state index contributed by atoms with van der Waals surface area (Å²) in [5.74, 6) is 1.05. The summed E-state index contributed by atoms with van der Waals surface area (Å²) in [7, 11) is 0. The van der Waals surface area contributed by atoms with Crippen LogP contribution in [0.1, 0.15) is 105 Å². The largest absolute Gasteiger partial charge is 0.381 e. The Morgan fingerprint density at radius 3 is 2.31 bits per heavy atom. The van der Waals surface area contributed by atoms with Gasteiger partial charge in [0.05, 0.1) is 5.56 Å². The van der Waals surface area contributed by atoms with Crippen molar-refractivity contribution in [3.05, 3.63) is 28.6 Å². The highest BCUT2D eigenvalue weighted by atomic mass is 16.5. The molecule has 0 aliphatic carbocycles. The SMILES string of the molecule is CCCCC1CN(C(=O)C2CCOCC2)CCC12CCN(C1(C)CCN(C(=O)c3c(C)cc(C)nc3C#N)CC1)CC2. The van der Waals surface area contributed by atoms with Gasteiger partial charge in [0.2, 0.25) is 5.91 Å². The van der Waals surface area contributed by atoms with Crippen molar-refractivity contribution in [2.45, 2.75) is 97.4 Å². The van der Waals surface area contributed by atoms with E-state index in [1.165, 1.54) is 32.1 Å². The number of nitriles is 1. The van der Waals surface area contributed by atoms with Crippen molar-refractivity contribution in [3.8, 4) is 6.07 Å². The van der Waals surface area contributed by atoms with E-state index in [2.05, 4.69) is 34.7 Å². The molecule has 5 heterocycles. The van der Waals surface area contributed by atoms with E-state index < -0.39 is 0 Å². The number of hydrogen-bond acceptors (Lipinski definition) is 6. The number of ether oxygens (including phenoxy) is 1. The van der Waals surface area contributed by atoms with Crippen LogP contribution in [0, 0.1) is 42.4 Å². The Bertz CT molecular complexity index is 1170. The molecule has 1 spiro atoms. The predicted octanol–water partition coefficient (Wildman–Crippen LogP) is 5.11. The van der Waals surface area contributed by atoms with Gasteiger partial charge in [-0.3, -0.25) is 14.5 Å². The number of aromatic nitrogens is 1. The Kier molecular flexibility index (Phi) is 9.59. The quantitative estimate of drug-likeness (QED) is 0.467. The second-order valence-corrected chi connectivity index (χ2v) is 13.8. The summed E-state index contributed by atoms with van der Waals surface area (Å²) in [6.07, 6.45) is 10.8. The molecule has 8 nitrogen and oxygen atoms in total. The van der Waals surface area contributed by atoms with E-state index in [1.807, 2.05) is 24.8 Å². The molecule has 0 aromatic carbocycles. The van der Waals surface area contributed by atoms with Crippen LogP contribution in [0.5, 0.6) is 0 Å². The summed E-state index contributed by atoms with van der Waals surface area (Å²) < 4.78 is 5.52. The molecule has 0 radical (unpaired) electrons. The first kappa shape index (κ1) is 30.9. The maximum absolute atomic E-state index is 13.5. The Morgan fingerprint density at radius 1 is 1.02 bits per heavy atom. The van der Waals surface area contributed by atoms with Gasteiger partial charge in [-0.05, 0) is 108 Å². The third kappa shape index (κ3) is 6.24. The van der Waals surface area contributed by atoms with Gasteiger partial charge in [0.15, 0.2) is 5.69 Å². The average Bonchev–Trinajstić information content (AvgIpc) is 3.00. The first-order valence-corrected chi connectivity index (χ1v) is 16.5. The van der Waals surface area contributed by atoms with Crippen LogP contribution < -0.4 is 0 Å². The van der Waals surface area contributed by atoms with E-state index in [0.29, 0.717) is 35.9 Å². The Hall–Kier alpha value is -2.50. The molecule has 1 aromatic rings. The summed E-state index contributed by atoms with van der Waals surface area (Å²) in [4.78, 5) is 38.1. The van der Waals surface area contributed by atoms with Crippen LogP contribution in [0.4, 0.5) is 0 Å². The molecular formula is C34H51N5O3. The minimum absolute atomic E-state index is 0.0583. The number of pyridine rings is 1. The Labute approximate surface area is 252 Å². The highest BCUT2D eigenvalue weighted by Gasteiger charge is 2.48. The van der Waals surface area contributed by atoms with Crippen molar-refractivity contribution in [2.75, 3.05) is 52.5 Å². The summed E-state index contributed by atoms with van der Waals surface area (Å²) in [5.41, 5.74) is 2.72. The molecule has 4 saturated heterocycles. The van der Waals surface area contributed by atoms with Gasteiger partial charge in [0.25, 0.3) is 5.91 Å². The predicted molar refractivity (Wildman–Crippen MR) is 163 cm³/mol. The van der Waals surface area contributed by atoms with Crippen molar-refractivity contribution in [2.24, 2.45) is 17.3 Å². The lowest BCUT2D eigenvalue weighted by molar-refractivity contribution is -0.145. The van der Waals surface area contributed by atoms with E-state index in [9.17, 15) is 14.9 Å². The fourth-order valence-electron chi connectivity index (χ4n) is 8.37. The molecule has 4 aliphatic rings. The van der Waals surface area contributed by atoms with Crippen LogP contribution in [-0.2, 0) is 9.53 Å². The average molecular weight is 578 g/mol. The van der Waals surface area contributed by atoms with Gasteiger partial charge in [-0.15, -0.1) is 0 Å². The maximum Gasteiger partial charge on any atom is 0.257 e. The molecule has 8 heteroatoms. The zero-order valence-electron chi connectivity index (χ0n) is 26.4. The highest BCUT2D eigenvalue weighted by Crippen LogP contribution is 2.49. The molecule has 0 saturated carbocycles. The molecule has 4 fully saturated rings. The number of unbranched alkanes of at least 4 members (excludes halogenated alkanes) is 1. The van der Waals surface area contributed by atoms with Crippen molar-refractivity contribution in [1.82, 2.24) is 19.7 Å². The minimum atomic E-state index is -0.0583. The van der Waals surface area contributed by atoms with Crippen LogP contribution in [0.2, 0.25) is 0 Å².